The Bertz CT molecular complexity index is 1860. The van der Waals surface area contributed by atoms with Crippen molar-refractivity contribution in [3.05, 3.63) is 84.4 Å². The van der Waals surface area contributed by atoms with Gasteiger partial charge in [0, 0.05) is 51.1 Å². The summed E-state index contributed by atoms with van der Waals surface area (Å²) in [4.78, 5) is 63.3. The van der Waals surface area contributed by atoms with Gasteiger partial charge >= 0.3 is 5.97 Å². The number of aryl methyl sites for hydroxylation is 1. The van der Waals surface area contributed by atoms with E-state index >= 15 is 0 Å². The molecule has 2 aliphatic heterocycles. The van der Waals surface area contributed by atoms with Crippen LogP contribution in [0.25, 0.3) is 11.4 Å². The van der Waals surface area contributed by atoms with E-state index < -0.39 is 48.1 Å². The minimum Gasteiger partial charge on any atom is -0.460 e. The molecular weight excluding hydrogens is 711 g/mol. The summed E-state index contributed by atoms with van der Waals surface area (Å²) >= 11 is 0. The number of fused-ring (bicyclic) bond motifs is 3. The van der Waals surface area contributed by atoms with Crippen molar-refractivity contribution in [3.63, 3.8) is 0 Å². The molecule has 16 heteroatoms. The summed E-state index contributed by atoms with van der Waals surface area (Å²) in [6.45, 7) is 6.73. The third kappa shape index (κ3) is 12.0. The summed E-state index contributed by atoms with van der Waals surface area (Å²) in [6, 6.07) is 4.62. The molecule has 2 bridgehead atoms. The van der Waals surface area contributed by atoms with Gasteiger partial charge in [-0.25, -0.2) is 14.2 Å². The third-order valence-electron chi connectivity index (χ3n) is 9.28. The number of oxazole rings is 1. The number of carbonyl (C=O) groups excluding carboxylic acids is 4. The van der Waals surface area contributed by atoms with Gasteiger partial charge < -0.3 is 29.8 Å². The zero-order chi connectivity index (χ0) is 39.3. The smallest absolute Gasteiger partial charge is 0.329 e. The van der Waals surface area contributed by atoms with Gasteiger partial charge in [-0.15, -0.1) is 5.10 Å². The lowest BCUT2D eigenvalue weighted by Crippen LogP contribution is -2.44. The minimum atomic E-state index is -1.50. The Kier molecular flexibility index (Phi) is 14.6. The van der Waals surface area contributed by atoms with Gasteiger partial charge in [0.1, 0.15) is 30.3 Å². The lowest BCUT2D eigenvalue weighted by molar-refractivity contribution is -0.159. The van der Waals surface area contributed by atoms with Gasteiger partial charge in [0.2, 0.25) is 11.8 Å². The summed E-state index contributed by atoms with van der Waals surface area (Å²) in [6.07, 6.45) is 9.89. The molecule has 5 atom stereocenters. The second-order valence-corrected chi connectivity index (χ2v) is 14.1. The predicted molar refractivity (Wildman–Crippen MR) is 199 cm³/mol. The number of nitrogens with one attached hydrogen (secondary N) is 2. The fourth-order valence-corrected chi connectivity index (χ4v) is 6.56. The van der Waals surface area contributed by atoms with Crippen molar-refractivity contribution in [1.29, 1.82) is 0 Å². The molecule has 0 spiro atoms. The number of aromatic nitrogens is 5. The molecule has 1 saturated heterocycles. The number of esters is 1. The van der Waals surface area contributed by atoms with Crippen molar-refractivity contribution in [2.45, 2.75) is 90.3 Å². The van der Waals surface area contributed by atoms with E-state index in [9.17, 15) is 28.7 Å². The number of halogens is 1. The van der Waals surface area contributed by atoms with Gasteiger partial charge in [-0.2, -0.15) is 0 Å². The Labute approximate surface area is 319 Å². The number of aliphatic hydroxyl groups excluding tert-OH is 1. The van der Waals surface area contributed by atoms with Gasteiger partial charge in [0.15, 0.2) is 11.6 Å². The maximum atomic E-state index is 14.8. The first-order valence-electron chi connectivity index (χ1n) is 18.6. The second-order valence-electron chi connectivity index (χ2n) is 14.1. The summed E-state index contributed by atoms with van der Waals surface area (Å²) in [5.41, 5.74) is 1.95. The average molecular weight is 761 g/mol. The zero-order valence-corrected chi connectivity index (χ0v) is 31.3. The van der Waals surface area contributed by atoms with Crippen molar-refractivity contribution in [2.75, 3.05) is 19.6 Å². The molecule has 1 fully saturated rings. The number of ether oxygens (including phenoxy) is 1. The molecule has 0 radical (unpaired) electrons. The fraction of sp³-hybridized carbons (Fsp3) is 0.487. The first-order chi connectivity index (χ1) is 26.5. The van der Waals surface area contributed by atoms with Gasteiger partial charge in [-0.1, -0.05) is 55.0 Å². The van der Waals surface area contributed by atoms with Crippen LogP contribution in [-0.2, 0) is 32.1 Å². The van der Waals surface area contributed by atoms with E-state index in [1.165, 1.54) is 17.1 Å². The van der Waals surface area contributed by atoms with E-state index in [-0.39, 0.29) is 55.8 Å². The molecule has 294 valence electrons. The molecule has 3 aromatic heterocycles. The number of hydrogen-bond donors (Lipinski definition) is 3. The highest BCUT2D eigenvalue weighted by molar-refractivity contribution is 5.95. The van der Waals surface area contributed by atoms with Crippen molar-refractivity contribution >= 4 is 23.7 Å². The fourth-order valence-electron chi connectivity index (χ4n) is 6.56. The molecule has 5 rings (SSSR count). The van der Waals surface area contributed by atoms with Crippen molar-refractivity contribution < 1.29 is 37.8 Å². The van der Waals surface area contributed by atoms with E-state index in [1.807, 2.05) is 32.0 Å². The van der Waals surface area contributed by atoms with Gasteiger partial charge in [0.05, 0.1) is 24.4 Å². The van der Waals surface area contributed by atoms with Crippen LogP contribution in [-0.4, -0.2) is 103 Å². The molecule has 0 aliphatic carbocycles. The number of allylic oxidation sites excluding steroid dienone is 2. The predicted octanol–water partition coefficient (Wildman–Crippen LogP) is 3.53. The van der Waals surface area contributed by atoms with E-state index in [1.54, 1.807) is 42.2 Å². The standard InChI is InChI=1S/C39H49FN8O7/c1-25(2)37-27(20-35(51)43-16-8-17-47-23-31(45-46-47)30-10-4-5-14-41-30)12-13-34(50)42-15-6-9-26(3)19-29(49)21-28(40)22-36-44-32(24-54-36)38(52)48-18-7-11-33(48)39(53)55-37/h4-6,9-10,12-14,19,23-25,27-29,33,37,49H,7-8,11,15-18,20-22H2,1-3H3,(H,42,50)(H,43,51)/b9-6?,13-12+,26-19?/t27-,28+,29+,33+,37+/m0/s1. The summed E-state index contributed by atoms with van der Waals surface area (Å²) in [7, 11) is 0. The van der Waals surface area contributed by atoms with Crippen LogP contribution in [0.4, 0.5) is 4.39 Å². The van der Waals surface area contributed by atoms with Crippen LogP contribution in [0, 0.1) is 11.8 Å². The SMILES string of the molecule is CC1=C[C@@H](O)C[C@@H](F)Cc2nc(co2)C(=O)N2CCC[C@@H]2C(=O)O[C@H](C(C)C)[C@H](CC(=O)NCCCn2cc(-c3ccccn3)nn2)/C=C/C(=O)NCC=C1. The summed E-state index contributed by atoms with van der Waals surface area (Å²) in [5, 5.41) is 24.4. The minimum absolute atomic E-state index is 0.00276. The van der Waals surface area contributed by atoms with Crippen LogP contribution >= 0.6 is 0 Å². The Morgan fingerprint density at radius 1 is 1.16 bits per heavy atom. The molecule has 15 nitrogen and oxygen atoms in total. The Balaban J connectivity index is 1.29. The number of pyridine rings is 1. The number of amides is 3. The van der Waals surface area contributed by atoms with Crippen LogP contribution in [0.2, 0.25) is 0 Å². The molecule has 3 amide bonds. The maximum Gasteiger partial charge on any atom is 0.329 e. The molecule has 0 unspecified atom stereocenters. The van der Waals surface area contributed by atoms with E-state index in [4.69, 9.17) is 9.15 Å². The van der Waals surface area contributed by atoms with E-state index in [0.717, 1.165) is 6.26 Å². The Morgan fingerprint density at radius 2 is 2.00 bits per heavy atom. The highest BCUT2D eigenvalue weighted by Gasteiger charge is 2.39. The first-order valence-corrected chi connectivity index (χ1v) is 18.6. The number of carbonyl (C=O) groups is 4. The Morgan fingerprint density at radius 3 is 2.78 bits per heavy atom. The van der Waals surface area contributed by atoms with Crippen LogP contribution in [0.5, 0.6) is 0 Å². The molecule has 55 heavy (non-hydrogen) atoms. The quantitative estimate of drug-likeness (QED) is 0.225. The van der Waals surface area contributed by atoms with Gasteiger partial charge in [0.25, 0.3) is 5.91 Å². The third-order valence-corrected chi connectivity index (χ3v) is 9.28. The number of cyclic esters (lactones) is 1. The highest BCUT2D eigenvalue weighted by Crippen LogP contribution is 2.27. The maximum absolute atomic E-state index is 14.8. The molecule has 5 heterocycles. The number of rotatable bonds is 8. The molecule has 2 aliphatic rings. The number of alkyl halides is 1. The molecule has 3 N–H and O–H groups in total. The number of nitrogens with zero attached hydrogens (tertiary/aromatic N) is 6. The molecule has 0 aromatic carbocycles. The lowest BCUT2D eigenvalue weighted by atomic mass is 9.89. The second kappa shape index (κ2) is 19.7. The average Bonchev–Trinajstić information content (AvgIpc) is 3.94. The zero-order valence-electron chi connectivity index (χ0n) is 31.3. The van der Waals surface area contributed by atoms with Crippen LogP contribution in [0.15, 0.2) is 77.2 Å². The van der Waals surface area contributed by atoms with Crippen molar-refractivity contribution in [1.82, 2.24) is 40.5 Å². The highest BCUT2D eigenvalue weighted by atomic mass is 19.1. The van der Waals surface area contributed by atoms with Crippen LogP contribution in [0.3, 0.4) is 0 Å². The number of aliphatic hydroxyl groups is 1. The molecule has 3 aromatic rings. The largest absolute Gasteiger partial charge is 0.460 e. The topological polar surface area (TPSA) is 195 Å². The summed E-state index contributed by atoms with van der Waals surface area (Å²) in [5.74, 6) is -2.88. The van der Waals surface area contributed by atoms with Crippen molar-refractivity contribution in [3.8, 4) is 11.4 Å². The van der Waals surface area contributed by atoms with E-state index in [2.05, 4.69) is 30.9 Å². The number of hydrogen-bond acceptors (Lipinski definition) is 11. The first kappa shape index (κ1) is 40.7. The summed E-state index contributed by atoms with van der Waals surface area (Å²) < 4.78 is 28.0. The van der Waals surface area contributed by atoms with Gasteiger partial charge in [-0.3, -0.25) is 24.0 Å². The van der Waals surface area contributed by atoms with Crippen LogP contribution < -0.4 is 10.6 Å². The molecule has 0 saturated carbocycles. The van der Waals surface area contributed by atoms with E-state index in [0.29, 0.717) is 49.3 Å². The Hall–Kier alpha value is -5.51. The van der Waals surface area contributed by atoms with Gasteiger partial charge in [-0.05, 0) is 50.3 Å². The normalized spacial score (nSPS) is 23.8. The monoisotopic (exact) mass is 760 g/mol. The van der Waals surface area contributed by atoms with Crippen LogP contribution in [0.1, 0.15) is 69.3 Å². The molecular formula is C39H49FN8O7. The van der Waals surface area contributed by atoms with Crippen molar-refractivity contribution in [2.24, 2.45) is 11.8 Å². The lowest BCUT2D eigenvalue weighted by Gasteiger charge is -2.31.